The molecule has 1 saturated heterocycles. The highest BCUT2D eigenvalue weighted by Gasteiger charge is 2.38. The molecule has 1 saturated carbocycles. The summed E-state index contributed by atoms with van der Waals surface area (Å²) in [7, 11) is 0. The van der Waals surface area contributed by atoms with Gasteiger partial charge in [-0.15, -0.1) is 0 Å². The Morgan fingerprint density at radius 3 is 2.82 bits per heavy atom. The predicted molar refractivity (Wildman–Crippen MR) is 66.3 cm³/mol. The van der Waals surface area contributed by atoms with Crippen molar-refractivity contribution < 1.29 is 9.90 Å². The van der Waals surface area contributed by atoms with Crippen molar-refractivity contribution in [3.05, 3.63) is 0 Å². The summed E-state index contributed by atoms with van der Waals surface area (Å²) in [6, 6.07) is 0.209. The van der Waals surface area contributed by atoms with Crippen molar-refractivity contribution in [3.8, 4) is 0 Å². The molecular weight excluding hydrogens is 216 g/mol. The van der Waals surface area contributed by atoms with Crippen LogP contribution in [0, 0.1) is 11.8 Å². The third-order valence-electron chi connectivity index (χ3n) is 4.55. The summed E-state index contributed by atoms with van der Waals surface area (Å²) in [5, 5.41) is 9.28. The maximum Gasteiger partial charge on any atom is 0.226 e. The molecule has 2 rings (SSSR count). The molecule has 4 nitrogen and oxygen atoms in total. The summed E-state index contributed by atoms with van der Waals surface area (Å²) < 4.78 is 0. The molecule has 4 unspecified atom stereocenters. The van der Waals surface area contributed by atoms with Gasteiger partial charge < -0.3 is 15.7 Å². The standard InChI is InChI=1S/C13H24N2O2/c1-9-11(5-2-6-12(9)14)13(17)15-7-3-4-10(15)8-16/h9-12,16H,2-8,14H2,1H3. The molecule has 1 amide bonds. The third kappa shape index (κ3) is 2.47. The van der Waals surface area contributed by atoms with E-state index < -0.39 is 0 Å². The largest absolute Gasteiger partial charge is 0.394 e. The number of rotatable bonds is 2. The summed E-state index contributed by atoms with van der Waals surface area (Å²) in [6.07, 6.45) is 5.01. The van der Waals surface area contributed by atoms with Gasteiger partial charge in [-0.25, -0.2) is 0 Å². The Labute approximate surface area is 103 Å². The van der Waals surface area contributed by atoms with Gasteiger partial charge in [0.1, 0.15) is 0 Å². The molecule has 1 aliphatic heterocycles. The normalized spacial score (nSPS) is 38.4. The van der Waals surface area contributed by atoms with E-state index in [0.717, 1.165) is 38.6 Å². The quantitative estimate of drug-likeness (QED) is 0.748. The van der Waals surface area contributed by atoms with Gasteiger partial charge in [0.15, 0.2) is 0 Å². The molecule has 1 heterocycles. The van der Waals surface area contributed by atoms with E-state index in [2.05, 4.69) is 6.92 Å². The first kappa shape index (κ1) is 12.8. The summed E-state index contributed by atoms with van der Waals surface area (Å²) in [4.78, 5) is 14.4. The lowest BCUT2D eigenvalue weighted by atomic mass is 9.76. The second-order valence-corrected chi connectivity index (χ2v) is 5.57. The lowest BCUT2D eigenvalue weighted by molar-refractivity contribution is -0.140. The fourth-order valence-corrected chi connectivity index (χ4v) is 3.27. The molecule has 0 aromatic carbocycles. The zero-order chi connectivity index (χ0) is 12.4. The molecule has 4 heteroatoms. The zero-order valence-corrected chi connectivity index (χ0v) is 10.6. The Bertz CT molecular complexity index is 283. The maximum absolute atomic E-state index is 12.5. The molecule has 0 aromatic rings. The molecule has 0 radical (unpaired) electrons. The predicted octanol–water partition coefficient (Wildman–Crippen LogP) is 0.733. The van der Waals surface area contributed by atoms with Gasteiger partial charge in [-0.05, 0) is 31.6 Å². The lowest BCUT2D eigenvalue weighted by Crippen LogP contribution is -2.48. The number of carbonyl (C=O) groups excluding carboxylic acids is 1. The van der Waals surface area contributed by atoms with Crippen LogP contribution in [0.2, 0.25) is 0 Å². The van der Waals surface area contributed by atoms with Crippen LogP contribution in [0.15, 0.2) is 0 Å². The minimum atomic E-state index is 0.0489. The van der Waals surface area contributed by atoms with Crippen LogP contribution in [-0.4, -0.2) is 41.1 Å². The molecule has 0 aromatic heterocycles. The second kappa shape index (κ2) is 5.36. The molecule has 0 bridgehead atoms. The molecule has 0 spiro atoms. The first-order valence-electron chi connectivity index (χ1n) is 6.82. The Kier molecular flexibility index (Phi) is 4.05. The van der Waals surface area contributed by atoms with Gasteiger partial charge in [0.05, 0.1) is 12.6 Å². The molecule has 2 aliphatic rings. The van der Waals surface area contributed by atoms with Gasteiger partial charge >= 0.3 is 0 Å². The van der Waals surface area contributed by atoms with Crippen molar-refractivity contribution >= 4 is 5.91 Å². The van der Waals surface area contributed by atoms with Crippen LogP contribution in [0.3, 0.4) is 0 Å². The number of carbonyl (C=O) groups is 1. The smallest absolute Gasteiger partial charge is 0.226 e. The highest BCUT2D eigenvalue weighted by molar-refractivity contribution is 5.80. The number of aliphatic hydroxyl groups excluding tert-OH is 1. The Hall–Kier alpha value is -0.610. The molecule has 2 fully saturated rings. The highest BCUT2D eigenvalue weighted by Crippen LogP contribution is 2.32. The van der Waals surface area contributed by atoms with E-state index >= 15 is 0 Å². The van der Waals surface area contributed by atoms with Gasteiger partial charge in [-0.1, -0.05) is 13.3 Å². The topological polar surface area (TPSA) is 66.6 Å². The van der Waals surface area contributed by atoms with E-state index in [1.807, 2.05) is 4.90 Å². The minimum absolute atomic E-state index is 0.0489. The minimum Gasteiger partial charge on any atom is -0.394 e. The van der Waals surface area contributed by atoms with Crippen LogP contribution in [0.5, 0.6) is 0 Å². The fraction of sp³-hybridized carbons (Fsp3) is 0.923. The average molecular weight is 240 g/mol. The van der Waals surface area contributed by atoms with E-state index in [1.54, 1.807) is 0 Å². The van der Waals surface area contributed by atoms with Crippen LogP contribution in [0.4, 0.5) is 0 Å². The van der Waals surface area contributed by atoms with Crippen molar-refractivity contribution in [2.75, 3.05) is 13.2 Å². The second-order valence-electron chi connectivity index (χ2n) is 5.57. The molecule has 98 valence electrons. The van der Waals surface area contributed by atoms with Crippen LogP contribution in [0.1, 0.15) is 39.0 Å². The number of nitrogens with two attached hydrogens (primary N) is 1. The van der Waals surface area contributed by atoms with Gasteiger partial charge in [0, 0.05) is 18.5 Å². The summed E-state index contributed by atoms with van der Waals surface area (Å²) >= 11 is 0. The summed E-state index contributed by atoms with van der Waals surface area (Å²) in [6.45, 7) is 3.00. The maximum atomic E-state index is 12.5. The molecular formula is C13H24N2O2. The van der Waals surface area contributed by atoms with E-state index in [1.165, 1.54) is 0 Å². The van der Waals surface area contributed by atoms with Gasteiger partial charge in [0.2, 0.25) is 5.91 Å². The number of hydrogen-bond donors (Lipinski definition) is 2. The highest BCUT2D eigenvalue weighted by atomic mass is 16.3. The van der Waals surface area contributed by atoms with Gasteiger partial charge in [-0.2, -0.15) is 0 Å². The molecule has 4 atom stereocenters. The van der Waals surface area contributed by atoms with Gasteiger partial charge in [0.25, 0.3) is 0 Å². The van der Waals surface area contributed by atoms with E-state index in [9.17, 15) is 9.90 Å². The van der Waals surface area contributed by atoms with E-state index in [0.29, 0.717) is 0 Å². The first-order valence-corrected chi connectivity index (χ1v) is 6.82. The Balaban J connectivity index is 2.03. The Morgan fingerprint density at radius 1 is 1.35 bits per heavy atom. The van der Waals surface area contributed by atoms with Crippen molar-refractivity contribution in [1.29, 1.82) is 0 Å². The van der Waals surface area contributed by atoms with Crippen molar-refractivity contribution in [2.45, 2.75) is 51.1 Å². The number of nitrogens with zero attached hydrogens (tertiary/aromatic N) is 1. The van der Waals surface area contributed by atoms with Crippen LogP contribution in [-0.2, 0) is 4.79 Å². The molecule has 3 N–H and O–H groups in total. The van der Waals surface area contributed by atoms with Crippen LogP contribution in [0.25, 0.3) is 0 Å². The third-order valence-corrected chi connectivity index (χ3v) is 4.55. The average Bonchev–Trinajstić information content (AvgIpc) is 2.80. The van der Waals surface area contributed by atoms with E-state index in [4.69, 9.17) is 5.73 Å². The van der Waals surface area contributed by atoms with Crippen LogP contribution >= 0.6 is 0 Å². The number of hydrogen-bond acceptors (Lipinski definition) is 3. The van der Waals surface area contributed by atoms with Crippen molar-refractivity contribution in [1.82, 2.24) is 4.90 Å². The molecule has 17 heavy (non-hydrogen) atoms. The van der Waals surface area contributed by atoms with Crippen molar-refractivity contribution in [2.24, 2.45) is 17.6 Å². The number of amides is 1. The van der Waals surface area contributed by atoms with Gasteiger partial charge in [-0.3, -0.25) is 4.79 Å². The number of likely N-dealkylation sites (tertiary alicyclic amines) is 1. The fourth-order valence-electron chi connectivity index (χ4n) is 3.27. The lowest BCUT2D eigenvalue weighted by Gasteiger charge is -2.36. The Morgan fingerprint density at radius 2 is 2.12 bits per heavy atom. The monoisotopic (exact) mass is 240 g/mol. The van der Waals surface area contributed by atoms with Crippen molar-refractivity contribution in [3.63, 3.8) is 0 Å². The SMILES string of the molecule is CC1C(N)CCCC1C(=O)N1CCCC1CO. The first-order chi connectivity index (χ1) is 8.15. The molecule has 1 aliphatic carbocycles. The summed E-state index contributed by atoms with van der Waals surface area (Å²) in [5.41, 5.74) is 6.05. The number of aliphatic hydroxyl groups is 1. The zero-order valence-electron chi connectivity index (χ0n) is 10.6. The van der Waals surface area contributed by atoms with E-state index in [-0.39, 0.29) is 36.4 Å². The van der Waals surface area contributed by atoms with Crippen LogP contribution < -0.4 is 5.73 Å². The summed E-state index contributed by atoms with van der Waals surface area (Å²) in [5.74, 6) is 0.575.